The highest BCUT2D eigenvalue weighted by Crippen LogP contribution is 2.47. The van der Waals surface area contributed by atoms with Crippen LogP contribution in [0.25, 0.3) is 6.08 Å². The molecule has 0 radical (unpaired) electrons. The maximum absolute atomic E-state index is 10.8. The lowest BCUT2D eigenvalue weighted by molar-refractivity contribution is -0.328. The molecule has 2 saturated heterocycles. The van der Waals surface area contributed by atoms with Gasteiger partial charge in [0.05, 0.1) is 33.0 Å². The molecule has 3 heterocycles. The van der Waals surface area contributed by atoms with Crippen LogP contribution in [0.15, 0.2) is 30.0 Å². The zero-order chi connectivity index (χ0) is 33.4. The second-order valence-corrected chi connectivity index (χ2v) is 10.9. The first-order valence-corrected chi connectivity index (χ1v) is 14.1. The molecule has 10 N–H and O–H groups in total. The van der Waals surface area contributed by atoms with Crippen molar-refractivity contribution in [2.24, 2.45) is 0 Å². The molecule has 3 aliphatic heterocycles. The predicted molar refractivity (Wildman–Crippen MR) is 150 cm³/mol. The Morgan fingerprint density at radius 3 is 1.91 bits per heavy atom. The molecule has 0 bridgehead atoms. The number of benzene rings is 2. The standard InChI is InChI=1S/C29H36O17/c1-40-15-3-10(4-16(41-2)20(15)33)27-17(7-12-13(32)5-11(31)6-14(12)43-27)44-29-26(39)24(37)22(35)19(46-29)9-42-28-25(38)23(36)21(34)18(8-30)45-28/h3-7,18-19,21-39H,8-9H2,1-2H3/t18-,19-,21+,22+,23-,24+,25+,26-,27?,28+,29+/m0/s1. The van der Waals surface area contributed by atoms with Crippen LogP contribution in [0.1, 0.15) is 17.2 Å². The number of phenolic OH excluding ortho intramolecular Hbond substituents is 3. The molecule has 17 heteroatoms. The van der Waals surface area contributed by atoms with E-state index in [0.717, 1.165) is 6.07 Å². The van der Waals surface area contributed by atoms with Crippen LogP contribution < -0.4 is 14.2 Å². The van der Waals surface area contributed by atoms with Gasteiger partial charge in [0.15, 0.2) is 23.9 Å². The number of aliphatic hydroxyl groups excluding tert-OH is 7. The van der Waals surface area contributed by atoms with Gasteiger partial charge in [-0.15, -0.1) is 0 Å². The Kier molecular flexibility index (Phi) is 9.99. The predicted octanol–water partition coefficient (Wildman–Crippen LogP) is -2.06. The van der Waals surface area contributed by atoms with Gasteiger partial charge in [0.25, 0.3) is 0 Å². The van der Waals surface area contributed by atoms with Gasteiger partial charge in [-0.2, -0.15) is 0 Å². The molecule has 0 aromatic heterocycles. The fourth-order valence-corrected chi connectivity index (χ4v) is 5.32. The first-order chi connectivity index (χ1) is 21.9. The number of aromatic hydroxyl groups is 3. The maximum atomic E-state index is 10.8. The van der Waals surface area contributed by atoms with Crippen molar-refractivity contribution in [1.29, 1.82) is 0 Å². The van der Waals surface area contributed by atoms with Crippen molar-refractivity contribution < 1.29 is 84.2 Å². The number of fused-ring (bicyclic) bond motifs is 1. The minimum atomic E-state index is -1.85. The van der Waals surface area contributed by atoms with Gasteiger partial charge in [-0.1, -0.05) is 0 Å². The average molecular weight is 657 g/mol. The van der Waals surface area contributed by atoms with Crippen molar-refractivity contribution in [2.75, 3.05) is 27.4 Å². The summed E-state index contributed by atoms with van der Waals surface area (Å²) in [7, 11) is 2.62. The minimum Gasteiger partial charge on any atom is -0.508 e. The Bertz CT molecular complexity index is 1390. The highest BCUT2D eigenvalue weighted by molar-refractivity contribution is 5.70. The van der Waals surface area contributed by atoms with E-state index in [9.17, 15) is 51.1 Å². The van der Waals surface area contributed by atoms with E-state index in [-0.39, 0.29) is 51.4 Å². The van der Waals surface area contributed by atoms with E-state index in [1.807, 2.05) is 0 Å². The quantitative estimate of drug-likeness (QED) is 0.139. The second-order valence-electron chi connectivity index (χ2n) is 10.9. The molecule has 2 aromatic carbocycles. The highest BCUT2D eigenvalue weighted by atomic mass is 16.7. The van der Waals surface area contributed by atoms with E-state index in [2.05, 4.69) is 0 Å². The number of rotatable bonds is 9. The third kappa shape index (κ3) is 6.34. The second kappa shape index (κ2) is 13.6. The number of ether oxygens (including phenoxy) is 7. The summed E-state index contributed by atoms with van der Waals surface area (Å²) in [4.78, 5) is 0. The van der Waals surface area contributed by atoms with Crippen molar-refractivity contribution in [2.45, 2.75) is 67.5 Å². The number of phenols is 3. The largest absolute Gasteiger partial charge is 0.508 e. The van der Waals surface area contributed by atoms with Crippen LogP contribution in [0, 0.1) is 0 Å². The summed E-state index contributed by atoms with van der Waals surface area (Å²) in [5.41, 5.74) is 0.356. The third-order valence-electron chi connectivity index (χ3n) is 7.89. The average Bonchev–Trinajstić information content (AvgIpc) is 3.04. The number of methoxy groups -OCH3 is 2. The van der Waals surface area contributed by atoms with E-state index in [0.29, 0.717) is 0 Å². The van der Waals surface area contributed by atoms with Gasteiger partial charge in [0, 0.05) is 17.7 Å². The lowest BCUT2D eigenvalue weighted by Crippen LogP contribution is -2.61. The SMILES string of the molecule is COc1cc(C2Oc3cc(O)cc(O)c3C=C2O[C@@H]2O[C@@H](CO[C@@H]3O[C@@H](CO)[C@@H](O)[C@H](O)[C@H]3O)[C@@H](O)[C@@H](O)[C@@H]2O)cc(OC)c1O. The number of hydrogen-bond acceptors (Lipinski definition) is 17. The van der Waals surface area contributed by atoms with Crippen LogP contribution in [-0.2, 0) is 18.9 Å². The van der Waals surface area contributed by atoms with Crippen molar-refractivity contribution in [3.05, 3.63) is 41.2 Å². The van der Waals surface area contributed by atoms with Crippen LogP contribution in [0.5, 0.6) is 34.5 Å². The first-order valence-electron chi connectivity index (χ1n) is 14.1. The Morgan fingerprint density at radius 1 is 0.717 bits per heavy atom. The monoisotopic (exact) mass is 656 g/mol. The van der Waals surface area contributed by atoms with Gasteiger partial charge >= 0.3 is 0 Å². The van der Waals surface area contributed by atoms with E-state index < -0.39 is 80.7 Å². The van der Waals surface area contributed by atoms with Gasteiger partial charge in [0.1, 0.15) is 71.8 Å². The molecule has 11 atom stereocenters. The Balaban J connectivity index is 1.43. The molecule has 46 heavy (non-hydrogen) atoms. The Labute approximate surface area is 261 Å². The van der Waals surface area contributed by atoms with Gasteiger partial charge in [-0.05, 0) is 18.2 Å². The van der Waals surface area contributed by atoms with Gasteiger partial charge in [-0.3, -0.25) is 0 Å². The summed E-state index contributed by atoms with van der Waals surface area (Å²) in [5, 5.41) is 103. The van der Waals surface area contributed by atoms with E-state index in [1.165, 1.54) is 38.5 Å². The zero-order valence-corrected chi connectivity index (χ0v) is 24.5. The highest BCUT2D eigenvalue weighted by Gasteiger charge is 2.48. The fraction of sp³-hybridized carbons (Fsp3) is 0.517. The smallest absolute Gasteiger partial charge is 0.228 e. The summed E-state index contributed by atoms with van der Waals surface area (Å²) in [6, 6.07) is 5.10. The van der Waals surface area contributed by atoms with Gasteiger partial charge < -0.3 is 84.2 Å². The first kappa shape index (κ1) is 33.7. The van der Waals surface area contributed by atoms with Crippen LogP contribution in [0.3, 0.4) is 0 Å². The molecule has 0 saturated carbocycles. The molecule has 2 fully saturated rings. The summed E-state index contributed by atoms with van der Waals surface area (Å²) in [6.07, 6.45) is -16.4. The normalized spacial score (nSPS) is 34.2. The van der Waals surface area contributed by atoms with Gasteiger partial charge in [-0.25, -0.2) is 0 Å². The molecule has 1 unspecified atom stereocenters. The van der Waals surface area contributed by atoms with Crippen molar-refractivity contribution >= 4 is 6.08 Å². The van der Waals surface area contributed by atoms with Crippen LogP contribution in [0.4, 0.5) is 0 Å². The molecule has 5 rings (SSSR count). The van der Waals surface area contributed by atoms with Gasteiger partial charge in [0.2, 0.25) is 12.0 Å². The fourth-order valence-electron chi connectivity index (χ4n) is 5.32. The minimum absolute atomic E-state index is 0.000227. The summed E-state index contributed by atoms with van der Waals surface area (Å²) >= 11 is 0. The van der Waals surface area contributed by atoms with Crippen LogP contribution in [0.2, 0.25) is 0 Å². The Hall–Kier alpha value is -3.62. The molecule has 254 valence electrons. The zero-order valence-electron chi connectivity index (χ0n) is 24.5. The molecule has 0 spiro atoms. The summed E-state index contributed by atoms with van der Waals surface area (Å²) in [5.74, 6) is -1.07. The molecule has 0 amide bonds. The maximum Gasteiger partial charge on any atom is 0.228 e. The van der Waals surface area contributed by atoms with Crippen molar-refractivity contribution in [3.8, 4) is 34.5 Å². The summed E-state index contributed by atoms with van der Waals surface area (Å²) in [6.45, 7) is -1.30. The molecule has 3 aliphatic rings. The molecular formula is C29H36O17. The van der Waals surface area contributed by atoms with E-state index in [1.54, 1.807) is 0 Å². The van der Waals surface area contributed by atoms with Crippen molar-refractivity contribution in [3.63, 3.8) is 0 Å². The lowest BCUT2D eigenvalue weighted by atomic mass is 9.98. The van der Waals surface area contributed by atoms with E-state index >= 15 is 0 Å². The molecule has 0 aliphatic carbocycles. The van der Waals surface area contributed by atoms with E-state index in [4.69, 9.17) is 33.2 Å². The van der Waals surface area contributed by atoms with Crippen molar-refractivity contribution in [1.82, 2.24) is 0 Å². The molecular weight excluding hydrogens is 620 g/mol. The number of aliphatic hydroxyl groups is 7. The van der Waals surface area contributed by atoms with Crippen LogP contribution in [-0.4, -0.2) is 140 Å². The third-order valence-corrected chi connectivity index (χ3v) is 7.89. The topological polar surface area (TPSA) is 267 Å². The Morgan fingerprint density at radius 2 is 1.30 bits per heavy atom. The molecule has 17 nitrogen and oxygen atoms in total. The summed E-state index contributed by atoms with van der Waals surface area (Å²) < 4.78 is 39.1. The number of hydrogen-bond donors (Lipinski definition) is 10. The lowest BCUT2D eigenvalue weighted by Gasteiger charge is -2.43. The van der Waals surface area contributed by atoms with Crippen LogP contribution >= 0.6 is 0 Å². The molecule has 2 aromatic rings.